The number of fused-ring (bicyclic) bond motifs is 1. The largest absolute Gasteiger partial charge is 0.369 e. The molecule has 2 heterocycles. The van der Waals surface area contributed by atoms with Crippen molar-refractivity contribution in [2.24, 2.45) is 0 Å². The topological polar surface area (TPSA) is 99.0 Å². The molecule has 3 aromatic carbocycles. The standard InChI is InChI=1S/C28H27N5O4/c1-19(34)32-25-18-23(33(36)37)12-13-24(25)26(28(32)35)27(20-6-4-3-5-7-20)29-21-8-10-22(11-9-21)31-16-14-30(2)15-17-31/h3-13,18,29H,14-17H2,1-2H3/b27-26-. The third-order valence-electron chi connectivity index (χ3n) is 6.75. The van der Waals surface area contributed by atoms with Gasteiger partial charge in [0, 0.05) is 62.2 Å². The highest BCUT2D eigenvalue weighted by Crippen LogP contribution is 2.43. The lowest BCUT2D eigenvalue weighted by Gasteiger charge is -2.34. The third-order valence-corrected chi connectivity index (χ3v) is 6.75. The number of nitrogens with zero attached hydrogens (tertiary/aromatic N) is 4. The zero-order chi connectivity index (χ0) is 26.1. The Labute approximate surface area is 214 Å². The third kappa shape index (κ3) is 4.68. The van der Waals surface area contributed by atoms with Crippen molar-refractivity contribution in [1.29, 1.82) is 0 Å². The van der Waals surface area contributed by atoms with Crippen molar-refractivity contribution in [3.63, 3.8) is 0 Å². The molecule has 1 saturated heterocycles. The average molecular weight is 498 g/mol. The number of anilines is 3. The predicted molar refractivity (Wildman–Crippen MR) is 144 cm³/mol. The van der Waals surface area contributed by atoms with E-state index in [-0.39, 0.29) is 16.9 Å². The van der Waals surface area contributed by atoms with E-state index in [1.54, 1.807) is 0 Å². The maximum atomic E-state index is 13.6. The molecule has 0 unspecified atom stereocenters. The number of benzene rings is 3. The molecular formula is C28H27N5O4. The summed E-state index contributed by atoms with van der Waals surface area (Å²) in [7, 11) is 2.12. The van der Waals surface area contributed by atoms with Crippen LogP contribution in [0.2, 0.25) is 0 Å². The minimum atomic E-state index is -0.539. The van der Waals surface area contributed by atoms with E-state index in [9.17, 15) is 19.7 Å². The van der Waals surface area contributed by atoms with E-state index in [1.165, 1.54) is 25.1 Å². The molecule has 0 bridgehead atoms. The predicted octanol–water partition coefficient (Wildman–Crippen LogP) is 4.22. The molecule has 0 atom stereocenters. The van der Waals surface area contributed by atoms with Crippen LogP contribution in [0.5, 0.6) is 0 Å². The molecule has 0 saturated carbocycles. The Morgan fingerprint density at radius 1 is 0.946 bits per heavy atom. The SMILES string of the molecule is CC(=O)N1C(=O)/C(=C(\Nc2ccc(N3CCN(C)CC3)cc2)c2ccccc2)c2ccc([N+](=O)[O-])cc21. The molecule has 2 aliphatic heterocycles. The summed E-state index contributed by atoms with van der Waals surface area (Å²) in [5, 5.41) is 14.8. The fraction of sp³-hybridized carbons (Fsp3) is 0.214. The fourth-order valence-corrected chi connectivity index (χ4v) is 4.77. The summed E-state index contributed by atoms with van der Waals surface area (Å²) < 4.78 is 0. The number of amides is 2. The van der Waals surface area contributed by atoms with Crippen molar-refractivity contribution in [2.75, 3.05) is 48.3 Å². The van der Waals surface area contributed by atoms with Crippen molar-refractivity contribution in [1.82, 2.24) is 4.90 Å². The van der Waals surface area contributed by atoms with Crippen LogP contribution in [0.15, 0.2) is 72.8 Å². The van der Waals surface area contributed by atoms with E-state index < -0.39 is 16.7 Å². The molecule has 0 aromatic heterocycles. The van der Waals surface area contributed by atoms with Crippen molar-refractivity contribution < 1.29 is 14.5 Å². The lowest BCUT2D eigenvalue weighted by Crippen LogP contribution is -2.44. The quantitative estimate of drug-likeness (QED) is 0.320. The second kappa shape index (κ2) is 9.87. The van der Waals surface area contributed by atoms with Crippen molar-refractivity contribution >= 4 is 45.8 Å². The summed E-state index contributed by atoms with van der Waals surface area (Å²) in [5.41, 5.74) is 3.96. The van der Waals surface area contributed by atoms with Gasteiger partial charge in [0.25, 0.3) is 11.6 Å². The number of likely N-dealkylation sites (N-methyl/N-ethyl adjacent to an activating group) is 1. The minimum absolute atomic E-state index is 0.187. The van der Waals surface area contributed by atoms with Gasteiger partial charge in [-0.2, -0.15) is 0 Å². The number of hydrogen-bond donors (Lipinski definition) is 1. The van der Waals surface area contributed by atoms with Gasteiger partial charge in [0.05, 0.1) is 21.9 Å². The Balaban J connectivity index is 1.58. The van der Waals surface area contributed by atoms with Gasteiger partial charge in [-0.3, -0.25) is 19.7 Å². The number of nitrogens with one attached hydrogen (secondary N) is 1. The van der Waals surface area contributed by atoms with Crippen molar-refractivity contribution in [2.45, 2.75) is 6.92 Å². The normalized spacial score (nSPS) is 17.0. The van der Waals surface area contributed by atoms with Crippen LogP contribution in [-0.4, -0.2) is 54.9 Å². The van der Waals surface area contributed by atoms with Crippen molar-refractivity contribution in [3.8, 4) is 0 Å². The van der Waals surface area contributed by atoms with Gasteiger partial charge in [-0.15, -0.1) is 0 Å². The molecule has 1 N–H and O–H groups in total. The lowest BCUT2D eigenvalue weighted by atomic mass is 9.99. The van der Waals surface area contributed by atoms with Gasteiger partial charge < -0.3 is 15.1 Å². The van der Waals surface area contributed by atoms with Gasteiger partial charge in [0.1, 0.15) is 0 Å². The van der Waals surface area contributed by atoms with Crippen LogP contribution in [0.25, 0.3) is 11.3 Å². The van der Waals surface area contributed by atoms with Crippen molar-refractivity contribution in [3.05, 3.63) is 94.0 Å². The van der Waals surface area contributed by atoms with Gasteiger partial charge in [0.2, 0.25) is 5.91 Å². The molecule has 0 aliphatic carbocycles. The van der Waals surface area contributed by atoms with Crippen LogP contribution in [0.4, 0.5) is 22.7 Å². The second-order valence-corrected chi connectivity index (χ2v) is 9.20. The zero-order valence-electron chi connectivity index (χ0n) is 20.7. The first-order chi connectivity index (χ1) is 17.8. The molecule has 1 fully saturated rings. The lowest BCUT2D eigenvalue weighted by molar-refractivity contribution is -0.384. The molecule has 3 aromatic rings. The van der Waals surface area contributed by atoms with E-state index in [4.69, 9.17) is 0 Å². The Hall–Kier alpha value is -4.50. The Bertz CT molecular complexity index is 1390. The Kier molecular flexibility index (Phi) is 6.45. The van der Waals surface area contributed by atoms with E-state index >= 15 is 0 Å². The molecule has 2 amide bonds. The van der Waals surface area contributed by atoms with Gasteiger partial charge in [-0.25, -0.2) is 4.90 Å². The Morgan fingerprint density at radius 3 is 2.24 bits per heavy atom. The number of hydrogen-bond acceptors (Lipinski definition) is 7. The number of nitro benzene ring substituents is 1. The van der Waals surface area contributed by atoms with E-state index in [2.05, 4.69) is 34.3 Å². The molecular weight excluding hydrogens is 470 g/mol. The van der Waals surface area contributed by atoms with E-state index in [0.717, 1.165) is 48.0 Å². The van der Waals surface area contributed by atoms with Crippen LogP contribution in [0, 0.1) is 10.1 Å². The van der Waals surface area contributed by atoms with Crippen LogP contribution in [0.3, 0.4) is 0 Å². The minimum Gasteiger partial charge on any atom is -0.369 e. The van der Waals surface area contributed by atoms with Gasteiger partial charge in [0.15, 0.2) is 0 Å². The fourth-order valence-electron chi connectivity index (χ4n) is 4.77. The number of non-ortho nitro benzene ring substituents is 1. The highest BCUT2D eigenvalue weighted by molar-refractivity contribution is 6.43. The highest BCUT2D eigenvalue weighted by Gasteiger charge is 2.38. The number of piperazine rings is 1. The first-order valence-corrected chi connectivity index (χ1v) is 12.1. The number of rotatable bonds is 5. The monoisotopic (exact) mass is 497 g/mol. The first kappa shape index (κ1) is 24.2. The maximum Gasteiger partial charge on any atom is 0.271 e. The van der Waals surface area contributed by atoms with Gasteiger partial charge in [-0.1, -0.05) is 30.3 Å². The summed E-state index contributed by atoms with van der Waals surface area (Å²) in [5.74, 6) is -1.03. The summed E-state index contributed by atoms with van der Waals surface area (Å²) in [4.78, 5) is 42.5. The summed E-state index contributed by atoms with van der Waals surface area (Å²) >= 11 is 0. The summed E-state index contributed by atoms with van der Waals surface area (Å²) in [6.45, 7) is 5.21. The van der Waals surface area contributed by atoms with E-state index in [1.807, 2.05) is 42.5 Å². The molecule has 5 rings (SSSR count). The number of nitro groups is 1. The van der Waals surface area contributed by atoms with Crippen LogP contribution in [0.1, 0.15) is 18.1 Å². The number of carbonyl (C=O) groups excluding carboxylic acids is 2. The molecule has 188 valence electrons. The molecule has 9 heteroatoms. The van der Waals surface area contributed by atoms with E-state index in [0.29, 0.717) is 11.3 Å². The first-order valence-electron chi connectivity index (χ1n) is 12.1. The van der Waals surface area contributed by atoms with Crippen LogP contribution in [-0.2, 0) is 9.59 Å². The number of imide groups is 1. The smallest absolute Gasteiger partial charge is 0.271 e. The van der Waals surface area contributed by atoms with Gasteiger partial charge in [-0.05, 0) is 42.9 Å². The highest BCUT2D eigenvalue weighted by atomic mass is 16.6. The Morgan fingerprint density at radius 2 is 1.62 bits per heavy atom. The summed E-state index contributed by atoms with van der Waals surface area (Å²) in [6.07, 6.45) is 0. The molecule has 2 aliphatic rings. The number of carbonyl (C=O) groups is 2. The average Bonchev–Trinajstić information content (AvgIpc) is 3.19. The second-order valence-electron chi connectivity index (χ2n) is 9.20. The zero-order valence-corrected chi connectivity index (χ0v) is 20.7. The molecule has 0 spiro atoms. The molecule has 37 heavy (non-hydrogen) atoms. The summed E-state index contributed by atoms with van der Waals surface area (Å²) in [6, 6.07) is 21.6. The molecule has 9 nitrogen and oxygen atoms in total. The van der Waals surface area contributed by atoms with Crippen LogP contribution >= 0.6 is 0 Å². The molecule has 0 radical (unpaired) electrons. The van der Waals surface area contributed by atoms with Crippen LogP contribution < -0.4 is 15.1 Å². The van der Waals surface area contributed by atoms with Gasteiger partial charge >= 0.3 is 0 Å². The maximum absolute atomic E-state index is 13.6.